The molecule has 0 aliphatic carbocycles. The molecule has 0 saturated heterocycles. The highest BCUT2D eigenvalue weighted by Gasteiger charge is 2.10. The summed E-state index contributed by atoms with van der Waals surface area (Å²) in [4.78, 5) is 4.58. The van der Waals surface area contributed by atoms with Crippen molar-refractivity contribution in [2.24, 2.45) is 7.05 Å². The summed E-state index contributed by atoms with van der Waals surface area (Å²) in [6.45, 7) is 1.01. The first-order valence-corrected chi connectivity index (χ1v) is 8.10. The molecule has 0 radical (unpaired) electrons. The van der Waals surface area contributed by atoms with Crippen LogP contribution in [0.1, 0.15) is 17.5 Å². The van der Waals surface area contributed by atoms with Gasteiger partial charge in [-0.1, -0.05) is 23.7 Å². The molecule has 1 atom stereocenters. The lowest BCUT2D eigenvalue weighted by Gasteiger charge is -2.12. The fourth-order valence-electron chi connectivity index (χ4n) is 2.65. The van der Waals surface area contributed by atoms with Gasteiger partial charge in [-0.3, -0.25) is 0 Å². The molecule has 3 rings (SSSR count). The molecule has 0 aliphatic heterocycles. The number of methoxy groups -OCH3 is 1. The van der Waals surface area contributed by atoms with Gasteiger partial charge in [-0.2, -0.15) is 0 Å². The van der Waals surface area contributed by atoms with Crippen LogP contribution in [0.3, 0.4) is 0 Å². The molecule has 1 heterocycles. The fraction of sp³-hybridized carbons (Fsp3) is 0.278. The van der Waals surface area contributed by atoms with E-state index in [2.05, 4.69) is 10.3 Å². The van der Waals surface area contributed by atoms with Crippen molar-refractivity contribution >= 4 is 22.6 Å². The Morgan fingerprint density at radius 3 is 2.71 bits per heavy atom. The van der Waals surface area contributed by atoms with Crippen LogP contribution in [0.5, 0.6) is 5.75 Å². The molecule has 5 nitrogen and oxygen atoms in total. The Hall–Kier alpha value is -2.08. The SMILES string of the molecule is COc1ccc(C(O)CNCc2nc3cc(Cl)ccc3n2C)cc1. The molecule has 1 aromatic heterocycles. The maximum atomic E-state index is 10.3. The molecule has 0 bridgehead atoms. The second-order valence-electron chi connectivity index (χ2n) is 5.64. The number of imidazole rings is 1. The van der Waals surface area contributed by atoms with Crippen molar-refractivity contribution in [3.05, 3.63) is 58.9 Å². The van der Waals surface area contributed by atoms with Gasteiger partial charge in [0, 0.05) is 18.6 Å². The van der Waals surface area contributed by atoms with Crippen LogP contribution in [-0.4, -0.2) is 28.3 Å². The van der Waals surface area contributed by atoms with Gasteiger partial charge in [-0.05, 0) is 35.9 Å². The summed E-state index contributed by atoms with van der Waals surface area (Å²) in [6, 6.07) is 13.1. The zero-order valence-corrected chi connectivity index (χ0v) is 14.4. The average Bonchev–Trinajstić information content (AvgIpc) is 2.90. The predicted octanol–water partition coefficient (Wildman–Crippen LogP) is 3.06. The van der Waals surface area contributed by atoms with Crippen LogP contribution in [-0.2, 0) is 13.6 Å². The van der Waals surface area contributed by atoms with Gasteiger partial charge in [0.1, 0.15) is 11.6 Å². The Morgan fingerprint density at radius 2 is 2.00 bits per heavy atom. The number of aryl methyl sites for hydroxylation is 1. The lowest BCUT2D eigenvalue weighted by Crippen LogP contribution is -2.22. The highest BCUT2D eigenvalue weighted by atomic mass is 35.5. The molecule has 3 aromatic rings. The molecular weight excluding hydrogens is 326 g/mol. The Kier molecular flexibility index (Phi) is 5.04. The molecular formula is C18H20ClN3O2. The van der Waals surface area contributed by atoms with Crippen LogP contribution in [0, 0.1) is 0 Å². The van der Waals surface area contributed by atoms with Crippen LogP contribution in [0.2, 0.25) is 5.02 Å². The lowest BCUT2D eigenvalue weighted by molar-refractivity contribution is 0.174. The van der Waals surface area contributed by atoms with E-state index in [-0.39, 0.29) is 0 Å². The topological polar surface area (TPSA) is 59.3 Å². The van der Waals surface area contributed by atoms with Gasteiger partial charge in [-0.15, -0.1) is 0 Å². The third-order valence-corrected chi connectivity index (χ3v) is 4.29. The number of hydrogen-bond donors (Lipinski definition) is 2. The number of benzene rings is 2. The zero-order valence-electron chi connectivity index (χ0n) is 13.7. The second-order valence-corrected chi connectivity index (χ2v) is 6.08. The number of aliphatic hydroxyl groups is 1. The summed E-state index contributed by atoms with van der Waals surface area (Å²) in [7, 11) is 3.59. The molecule has 1 unspecified atom stereocenters. The smallest absolute Gasteiger partial charge is 0.123 e. The fourth-order valence-corrected chi connectivity index (χ4v) is 2.81. The standard InChI is InChI=1S/C18H20ClN3O2/c1-22-16-8-5-13(19)9-15(16)21-18(22)11-20-10-17(23)12-3-6-14(24-2)7-4-12/h3-9,17,20,23H,10-11H2,1-2H3. The number of hydrogen-bond acceptors (Lipinski definition) is 4. The van der Waals surface area contributed by atoms with E-state index < -0.39 is 6.10 Å². The van der Waals surface area contributed by atoms with Crippen LogP contribution in [0.25, 0.3) is 11.0 Å². The molecule has 2 aromatic carbocycles. The Morgan fingerprint density at radius 1 is 1.25 bits per heavy atom. The van der Waals surface area contributed by atoms with Crippen molar-refractivity contribution in [3.8, 4) is 5.75 Å². The highest BCUT2D eigenvalue weighted by molar-refractivity contribution is 6.31. The Labute approximate surface area is 145 Å². The number of aromatic nitrogens is 2. The minimum absolute atomic E-state index is 0.441. The number of nitrogens with one attached hydrogen (secondary N) is 1. The van der Waals surface area contributed by atoms with Crippen molar-refractivity contribution in [2.45, 2.75) is 12.6 Å². The highest BCUT2D eigenvalue weighted by Crippen LogP contribution is 2.20. The van der Waals surface area contributed by atoms with Crippen molar-refractivity contribution in [3.63, 3.8) is 0 Å². The monoisotopic (exact) mass is 345 g/mol. The largest absolute Gasteiger partial charge is 0.497 e. The van der Waals surface area contributed by atoms with Gasteiger partial charge < -0.3 is 19.7 Å². The van der Waals surface area contributed by atoms with Crippen molar-refractivity contribution in [1.82, 2.24) is 14.9 Å². The third-order valence-electron chi connectivity index (χ3n) is 4.06. The molecule has 0 spiro atoms. The average molecular weight is 346 g/mol. The first-order chi connectivity index (χ1) is 11.6. The number of nitrogens with zero attached hydrogens (tertiary/aromatic N) is 2. The number of halogens is 1. The normalized spacial score (nSPS) is 12.5. The van der Waals surface area contributed by atoms with Gasteiger partial charge in [0.05, 0.1) is 30.8 Å². The van der Waals surface area contributed by atoms with Crippen molar-refractivity contribution in [2.75, 3.05) is 13.7 Å². The van der Waals surface area contributed by atoms with Gasteiger partial charge in [-0.25, -0.2) is 4.98 Å². The van der Waals surface area contributed by atoms with E-state index in [4.69, 9.17) is 16.3 Å². The minimum Gasteiger partial charge on any atom is -0.497 e. The van der Waals surface area contributed by atoms with E-state index in [1.807, 2.05) is 54.1 Å². The van der Waals surface area contributed by atoms with Crippen LogP contribution < -0.4 is 10.1 Å². The van der Waals surface area contributed by atoms with Gasteiger partial charge in [0.15, 0.2) is 0 Å². The molecule has 0 fully saturated rings. The summed E-state index contributed by atoms with van der Waals surface area (Å²) in [5, 5.41) is 14.2. The lowest BCUT2D eigenvalue weighted by atomic mass is 10.1. The van der Waals surface area contributed by atoms with E-state index >= 15 is 0 Å². The molecule has 126 valence electrons. The first-order valence-electron chi connectivity index (χ1n) is 7.72. The molecule has 0 amide bonds. The maximum absolute atomic E-state index is 10.3. The van der Waals surface area contributed by atoms with Gasteiger partial charge in [0.25, 0.3) is 0 Å². The van der Waals surface area contributed by atoms with E-state index in [0.717, 1.165) is 28.2 Å². The first kappa shape index (κ1) is 16.8. The number of fused-ring (bicyclic) bond motifs is 1. The van der Waals surface area contributed by atoms with E-state index in [1.54, 1.807) is 7.11 Å². The van der Waals surface area contributed by atoms with E-state index in [0.29, 0.717) is 18.1 Å². The molecule has 0 aliphatic rings. The van der Waals surface area contributed by atoms with E-state index in [9.17, 15) is 5.11 Å². The zero-order chi connectivity index (χ0) is 17.1. The predicted molar refractivity (Wildman–Crippen MR) is 95.4 cm³/mol. The molecule has 2 N–H and O–H groups in total. The molecule has 0 saturated carbocycles. The summed E-state index contributed by atoms with van der Waals surface area (Å²) in [5.74, 6) is 1.67. The Balaban J connectivity index is 1.62. The summed E-state index contributed by atoms with van der Waals surface area (Å²) >= 11 is 6.01. The summed E-state index contributed by atoms with van der Waals surface area (Å²) in [5.41, 5.74) is 2.75. The second kappa shape index (κ2) is 7.21. The Bertz CT molecular complexity index is 830. The van der Waals surface area contributed by atoms with Gasteiger partial charge in [0.2, 0.25) is 0 Å². The number of ether oxygens (including phenoxy) is 1. The van der Waals surface area contributed by atoms with E-state index in [1.165, 1.54) is 0 Å². The molecule has 24 heavy (non-hydrogen) atoms. The van der Waals surface area contributed by atoms with Crippen LogP contribution in [0.15, 0.2) is 42.5 Å². The van der Waals surface area contributed by atoms with Crippen molar-refractivity contribution < 1.29 is 9.84 Å². The third kappa shape index (κ3) is 3.53. The van der Waals surface area contributed by atoms with Crippen LogP contribution >= 0.6 is 11.6 Å². The maximum Gasteiger partial charge on any atom is 0.123 e. The quantitative estimate of drug-likeness (QED) is 0.721. The van der Waals surface area contributed by atoms with Gasteiger partial charge >= 0.3 is 0 Å². The van der Waals surface area contributed by atoms with Crippen LogP contribution in [0.4, 0.5) is 0 Å². The number of rotatable bonds is 6. The van der Waals surface area contributed by atoms with Crippen molar-refractivity contribution in [1.29, 1.82) is 0 Å². The minimum atomic E-state index is -0.583. The summed E-state index contributed by atoms with van der Waals surface area (Å²) < 4.78 is 7.15. The molecule has 6 heteroatoms. The summed E-state index contributed by atoms with van der Waals surface area (Å²) in [6.07, 6.45) is -0.583. The number of aliphatic hydroxyl groups excluding tert-OH is 1.